The van der Waals surface area contributed by atoms with E-state index in [1.165, 1.54) is 11.1 Å². The Hall–Kier alpha value is -1.51. The second kappa shape index (κ2) is 5.64. The third-order valence-electron chi connectivity index (χ3n) is 3.38. The van der Waals surface area contributed by atoms with Crippen molar-refractivity contribution in [2.45, 2.75) is 12.5 Å². The molecule has 0 amide bonds. The summed E-state index contributed by atoms with van der Waals surface area (Å²) in [6.07, 6.45) is 1.09. The molecule has 1 atom stereocenters. The van der Waals surface area contributed by atoms with Gasteiger partial charge in [-0.25, -0.2) is 0 Å². The van der Waals surface area contributed by atoms with Crippen molar-refractivity contribution in [3.8, 4) is 5.75 Å². The molecular weight excluding hydrogens is 258 g/mol. The summed E-state index contributed by atoms with van der Waals surface area (Å²) < 4.78 is 6.10. The molecule has 2 aromatic rings. The lowest BCUT2D eigenvalue weighted by Crippen LogP contribution is -2.23. The number of benzene rings is 2. The number of halogens is 1. The molecule has 1 unspecified atom stereocenters. The van der Waals surface area contributed by atoms with Crippen LogP contribution in [0.4, 0.5) is 0 Å². The van der Waals surface area contributed by atoms with Gasteiger partial charge in [0.1, 0.15) is 11.9 Å². The molecule has 0 saturated carbocycles. The van der Waals surface area contributed by atoms with Crippen LogP contribution in [0.5, 0.6) is 5.75 Å². The molecular formula is C16H16ClNO. The third-order valence-corrected chi connectivity index (χ3v) is 3.61. The Kier molecular flexibility index (Phi) is 3.72. The fourth-order valence-electron chi connectivity index (χ4n) is 2.45. The van der Waals surface area contributed by atoms with E-state index in [2.05, 4.69) is 29.6 Å². The van der Waals surface area contributed by atoms with E-state index < -0.39 is 0 Å². The van der Waals surface area contributed by atoms with Gasteiger partial charge >= 0.3 is 0 Å². The van der Waals surface area contributed by atoms with Crippen molar-refractivity contribution in [2.75, 3.05) is 13.1 Å². The summed E-state index contributed by atoms with van der Waals surface area (Å²) in [7, 11) is 0. The van der Waals surface area contributed by atoms with E-state index in [0.29, 0.717) is 5.02 Å². The number of hydrogen-bond donors (Lipinski definition) is 1. The van der Waals surface area contributed by atoms with Crippen molar-refractivity contribution in [3.63, 3.8) is 0 Å². The smallest absolute Gasteiger partial charge is 0.136 e. The van der Waals surface area contributed by atoms with Crippen LogP contribution in [0.15, 0.2) is 48.5 Å². The summed E-state index contributed by atoms with van der Waals surface area (Å²) in [5.74, 6) is 0.816. The summed E-state index contributed by atoms with van der Waals surface area (Å²) in [6, 6.07) is 16.0. The maximum atomic E-state index is 6.10. The van der Waals surface area contributed by atoms with Crippen LogP contribution in [-0.4, -0.2) is 13.1 Å². The lowest BCUT2D eigenvalue weighted by atomic mass is 10.0. The third kappa shape index (κ3) is 2.91. The fourth-order valence-corrected chi connectivity index (χ4v) is 2.63. The van der Waals surface area contributed by atoms with Gasteiger partial charge in [0, 0.05) is 11.6 Å². The Morgan fingerprint density at radius 2 is 2.00 bits per heavy atom. The molecule has 0 aromatic heterocycles. The predicted octanol–water partition coefficient (Wildman–Crippen LogP) is 3.61. The van der Waals surface area contributed by atoms with E-state index in [0.717, 1.165) is 25.3 Å². The Labute approximate surface area is 118 Å². The molecule has 98 valence electrons. The highest BCUT2D eigenvalue weighted by molar-refractivity contribution is 6.30. The standard InChI is InChI=1S/C16H16ClNO/c17-13-5-3-6-14(10-13)19-16-11-18-9-8-12-4-1-2-7-15(12)16/h1-7,10,16,18H,8-9,11H2. The molecule has 1 N–H and O–H groups in total. The number of fused-ring (bicyclic) bond motifs is 1. The van der Waals surface area contributed by atoms with Crippen molar-refractivity contribution in [1.82, 2.24) is 5.32 Å². The molecule has 0 fully saturated rings. The number of ether oxygens (including phenoxy) is 1. The van der Waals surface area contributed by atoms with Crippen LogP contribution in [0, 0.1) is 0 Å². The number of nitrogens with one attached hydrogen (secondary N) is 1. The van der Waals surface area contributed by atoms with Gasteiger partial charge in [0.25, 0.3) is 0 Å². The first kappa shape index (κ1) is 12.5. The first-order valence-electron chi connectivity index (χ1n) is 6.54. The van der Waals surface area contributed by atoms with Crippen LogP contribution >= 0.6 is 11.6 Å². The SMILES string of the molecule is Clc1cccc(OC2CNCCc3ccccc32)c1. The zero-order valence-electron chi connectivity index (χ0n) is 10.6. The van der Waals surface area contributed by atoms with Gasteiger partial charge in [-0.1, -0.05) is 41.9 Å². The first-order valence-corrected chi connectivity index (χ1v) is 6.91. The molecule has 1 heterocycles. The summed E-state index contributed by atoms with van der Waals surface area (Å²) in [5, 5.41) is 4.12. The van der Waals surface area contributed by atoms with E-state index in [9.17, 15) is 0 Å². The molecule has 3 rings (SSSR count). The zero-order valence-corrected chi connectivity index (χ0v) is 11.4. The van der Waals surface area contributed by atoms with E-state index >= 15 is 0 Å². The zero-order chi connectivity index (χ0) is 13.1. The maximum absolute atomic E-state index is 6.10. The Balaban J connectivity index is 1.88. The molecule has 0 saturated heterocycles. The van der Waals surface area contributed by atoms with Gasteiger partial charge in [-0.15, -0.1) is 0 Å². The molecule has 0 aliphatic carbocycles. The molecule has 1 aliphatic heterocycles. The second-order valence-electron chi connectivity index (χ2n) is 4.72. The van der Waals surface area contributed by atoms with Crippen molar-refractivity contribution < 1.29 is 4.74 Å². The monoisotopic (exact) mass is 273 g/mol. The lowest BCUT2D eigenvalue weighted by Gasteiger charge is -2.19. The van der Waals surface area contributed by atoms with Crippen molar-refractivity contribution in [1.29, 1.82) is 0 Å². The van der Waals surface area contributed by atoms with Crippen molar-refractivity contribution >= 4 is 11.6 Å². The van der Waals surface area contributed by atoms with Crippen molar-refractivity contribution in [3.05, 3.63) is 64.7 Å². The van der Waals surface area contributed by atoms with Crippen LogP contribution in [0.25, 0.3) is 0 Å². The van der Waals surface area contributed by atoms with E-state index in [1.807, 2.05) is 24.3 Å². The van der Waals surface area contributed by atoms with Crippen LogP contribution in [-0.2, 0) is 6.42 Å². The van der Waals surface area contributed by atoms with Crippen LogP contribution in [0.2, 0.25) is 5.02 Å². The van der Waals surface area contributed by atoms with E-state index in [1.54, 1.807) is 0 Å². The summed E-state index contributed by atoms with van der Waals surface area (Å²) in [5.41, 5.74) is 2.63. The maximum Gasteiger partial charge on any atom is 0.136 e. The molecule has 2 aromatic carbocycles. The first-order chi connectivity index (χ1) is 9.33. The summed E-state index contributed by atoms with van der Waals surface area (Å²) in [4.78, 5) is 0. The van der Waals surface area contributed by atoms with Gasteiger partial charge in [-0.3, -0.25) is 0 Å². The Morgan fingerprint density at radius 1 is 1.11 bits per heavy atom. The highest BCUT2D eigenvalue weighted by atomic mass is 35.5. The average molecular weight is 274 g/mol. The van der Waals surface area contributed by atoms with Gasteiger partial charge in [0.2, 0.25) is 0 Å². The molecule has 2 nitrogen and oxygen atoms in total. The predicted molar refractivity (Wildman–Crippen MR) is 77.8 cm³/mol. The minimum atomic E-state index is 0.0390. The minimum Gasteiger partial charge on any atom is -0.484 e. The second-order valence-corrected chi connectivity index (χ2v) is 5.15. The van der Waals surface area contributed by atoms with Crippen LogP contribution < -0.4 is 10.1 Å². The number of rotatable bonds is 2. The number of hydrogen-bond acceptors (Lipinski definition) is 2. The van der Waals surface area contributed by atoms with Gasteiger partial charge in [0.05, 0.1) is 0 Å². The minimum absolute atomic E-state index is 0.0390. The highest BCUT2D eigenvalue weighted by Crippen LogP contribution is 2.27. The highest BCUT2D eigenvalue weighted by Gasteiger charge is 2.19. The molecule has 0 radical (unpaired) electrons. The quantitative estimate of drug-likeness (QED) is 0.903. The van der Waals surface area contributed by atoms with E-state index in [4.69, 9.17) is 16.3 Å². The molecule has 0 spiro atoms. The molecule has 3 heteroatoms. The topological polar surface area (TPSA) is 21.3 Å². The molecule has 0 bridgehead atoms. The summed E-state index contributed by atoms with van der Waals surface area (Å²) in [6.45, 7) is 1.82. The van der Waals surface area contributed by atoms with Crippen molar-refractivity contribution in [2.24, 2.45) is 0 Å². The van der Waals surface area contributed by atoms with Crippen LogP contribution in [0.1, 0.15) is 17.2 Å². The van der Waals surface area contributed by atoms with Gasteiger partial charge in [0.15, 0.2) is 0 Å². The summed E-state index contributed by atoms with van der Waals surface area (Å²) >= 11 is 6.00. The fraction of sp³-hybridized carbons (Fsp3) is 0.250. The van der Waals surface area contributed by atoms with Gasteiger partial charge in [-0.2, -0.15) is 0 Å². The van der Waals surface area contributed by atoms with E-state index in [-0.39, 0.29) is 6.10 Å². The molecule has 19 heavy (non-hydrogen) atoms. The van der Waals surface area contributed by atoms with Gasteiger partial charge < -0.3 is 10.1 Å². The van der Waals surface area contributed by atoms with Gasteiger partial charge in [-0.05, 0) is 42.3 Å². The average Bonchev–Trinajstić information content (AvgIpc) is 2.62. The largest absolute Gasteiger partial charge is 0.484 e. The van der Waals surface area contributed by atoms with Crippen LogP contribution in [0.3, 0.4) is 0 Å². The molecule has 1 aliphatic rings. The Bertz CT molecular complexity index is 570. The lowest BCUT2D eigenvalue weighted by molar-refractivity contribution is 0.205. The normalized spacial score (nSPS) is 18.5. The Morgan fingerprint density at radius 3 is 2.89 bits per heavy atom.